The van der Waals surface area contributed by atoms with Crippen LogP contribution < -0.4 is 15.4 Å². The molecule has 2 aliphatic carbocycles. The number of nitrogens with one attached hydrogen (secondary N) is 3. The van der Waals surface area contributed by atoms with Gasteiger partial charge in [0.25, 0.3) is 0 Å². The number of nitrogens with zero attached hydrogens (tertiary/aromatic N) is 5. The third-order valence-electron chi connectivity index (χ3n) is 5.84. The lowest BCUT2D eigenvalue weighted by Crippen LogP contribution is -2.41. The molecule has 2 aromatic rings. The zero-order valence-corrected chi connectivity index (χ0v) is 17.8. The lowest BCUT2D eigenvalue weighted by molar-refractivity contribution is 0.430. The Morgan fingerprint density at radius 2 is 1.93 bits per heavy atom. The molecule has 1 saturated heterocycles. The van der Waals surface area contributed by atoms with Gasteiger partial charge < -0.3 is 15.2 Å². The highest BCUT2D eigenvalue weighted by molar-refractivity contribution is 7.87. The lowest BCUT2D eigenvalue weighted by atomic mass is 10.0. The molecular formula is C18H25ClN8OS. The quantitative estimate of drug-likeness (QED) is 0.566. The van der Waals surface area contributed by atoms with Gasteiger partial charge in [0.2, 0.25) is 5.95 Å². The van der Waals surface area contributed by atoms with Gasteiger partial charge >= 0.3 is 0 Å². The smallest absolute Gasteiger partial charge is 0.229 e. The molecule has 5 rings (SSSR count). The second kappa shape index (κ2) is 7.92. The Labute approximate surface area is 178 Å². The summed E-state index contributed by atoms with van der Waals surface area (Å²) >= 11 is 5.29. The minimum Gasteiger partial charge on any atom is -0.579 e. The zero-order valence-electron chi connectivity index (χ0n) is 16.2. The molecular weight excluding hydrogens is 412 g/mol. The van der Waals surface area contributed by atoms with Crippen molar-refractivity contribution in [2.45, 2.75) is 37.8 Å². The van der Waals surface area contributed by atoms with Gasteiger partial charge in [0.15, 0.2) is 5.82 Å². The Morgan fingerprint density at radius 1 is 1.17 bits per heavy atom. The number of fused-ring (bicyclic) bond motifs is 1. The van der Waals surface area contributed by atoms with E-state index in [9.17, 15) is 4.55 Å². The summed E-state index contributed by atoms with van der Waals surface area (Å²) in [5, 5.41) is 11.3. The maximum absolute atomic E-state index is 12.4. The molecule has 0 radical (unpaired) electrons. The van der Waals surface area contributed by atoms with Crippen LogP contribution in [0, 0.1) is 11.8 Å². The standard InChI is InChI=1S/C18H25ClN8OS/c1-26-10-15(6-21-26)23-18-20-7-16(19)17(24-18)22-14-4-11-8-27(9-12(11)5-14)29(28)25-13-2-3-13/h6-7,10-14,25H,2-5,8-9H2,1H3,(H2,20,22,23,24). The van der Waals surface area contributed by atoms with Crippen molar-refractivity contribution >= 4 is 40.6 Å². The molecule has 3 heterocycles. The number of anilines is 3. The van der Waals surface area contributed by atoms with Crippen molar-refractivity contribution in [1.82, 2.24) is 28.8 Å². The molecule has 3 unspecified atom stereocenters. The van der Waals surface area contributed by atoms with Crippen LogP contribution >= 0.6 is 11.6 Å². The lowest BCUT2D eigenvalue weighted by Gasteiger charge is -2.21. The van der Waals surface area contributed by atoms with Crippen molar-refractivity contribution in [3.8, 4) is 0 Å². The van der Waals surface area contributed by atoms with E-state index in [0.29, 0.717) is 40.7 Å². The Balaban J connectivity index is 1.18. The molecule has 11 heteroatoms. The highest BCUT2D eigenvalue weighted by Crippen LogP contribution is 2.40. The predicted molar refractivity (Wildman–Crippen MR) is 113 cm³/mol. The Hall–Kier alpha value is -1.59. The van der Waals surface area contributed by atoms with Gasteiger partial charge in [-0.05, 0) is 37.5 Å². The number of hydrogen-bond donors (Lipinski definition) is 3. The summed E-state index contributed by atoms with van der Waals surface area (Å²) in [7, 11) is 1.86. The molecule has 2 aromatic heterocycles. The molecule has 3 atom stereocenters. The number of halogens is 1. The van der Waals surface area contributed by atoms with Crippen molar-refractivity contribution in [3.05, 3.63) is 23.6 Å². The summed E-state index contributed by atoms with van der Waals surface area (Å²) in [6.45, 7) is 1.78. The van der Waals surface area contributed by atoms with E-state index in [-0.39, 0.29) is 0 Å². The van der Waals surface area contributed by atoms with E-state index >= 15 is 0 Å². The zero-order chi connectivity index (χ0) is 20.0. The molecule has 0 bridgehead atoms. The highest BCUT2D eigenvalue weighted by atomic mass is 35.5. The Morgan fingerprint density at radius 3 is 2.59 bits per heavy atom. The van der Waals surface area contributed by atoms with Crippen LogP contribution in [0.1, 0.15) is 25.7 Å². The van der Waals surface area contributed by atoms with Crippen LogP contribution in [0.2, 0.25) is 5.02 Å². The first-order chi connectivity index (χ1) is 14.0. The SMILES string of the molecule is Cn1cc(Nc2ncc(Cl)c(NC3CC4CN([S+]([O-])NC5CC5)CC4C3)n2)cn1. The van der Waals surface area contributed by atoms with Gasteiger partial charge in [-0.3, -0.25) is 4.68 Å². The summed E-state index contributed by atoms with van der Waals surface area (Å²) in [6, 6.07) is 0.774. The molecule has 156 valence electrons. The summed E-state index contributed by atoms with van der Waals surface area (Å²) in [6.07, 6.45) is 9.56. The van der Waals surface area contributed by atoms with E-state index in [1.165, 1.54) is 0 Å². The van der Waals surface area contributed by atoms with Crippen LogP contribution in [0.15, 0.2) is 18.6 Å². The second-order valence-electron chi connectivity index (χ2n) is 8.24. The molecule has 0 amide bonds. The van der Waals surface area contributed by atoms with Gasteiger partial charge in [-0.15, -0.1) is 9.03 Å². The summed E-state index contributed by atoms with van der Waals surface area (Å²) in [5.74, 6) is 2.25. The minimum atomic E-state index is -1.04. The first kappa shape index (κ1) is 19.4. The van der Waals surface area contributed by atoms with E-state index < -0.39 is 11.5 Å². The van der Waals surface area contributed by atoms with Crippen molar-refractivity contribution in [2.75, 3.05) is 23.7 Å². The van der Waals surface area contributed by atoms with E-state index in [0.717, 1.165) is 44.5 Å². The molecule has 3 N–H and O–H groups in total. The van der Waals surface area contributed by atoms with Crippen LogP contribution in [0.4, 0.5) is 17.5 Å². The first-order valence-electron chi connectivity index (χ1n) is 10.0. The van der Waals surface area contributed by atoms with Crippen molar-refractivity contribution in [1.29, 1.82) is 0 Å². The van der Waals surface area contributed by atoms with Gasteiger partial charge in [-0.1, -0.05) is 11.6 Å². The van der Waals surface area contributed by atoms with Gasteiger partial charge in [0.1, 0.15) is 16.6 Å². The number of aromatic nitrogens is 4. The number of rotatable bonds is 7. The summed E-state index contributed by atoms with van der Waals surface area (Å²) in [5.41, 5.74) is 0.823. The molecule has 9 nitrogen and oxygen atoms in total. The minimum absolute atomic E-state index is 0.315. The third-order valence-corrected chi connectivity index (χ3v) is 7.42. The largest absolute Gasteiger partial charge is 0.579 e. The van der Waals surface area contributed by atoms with Crippen LogP contribution in [0.5, 0.6) is 0 Å². The number of aryl methyl sites for hydroxylation is 1. The van der Waals surface area contributed by atoms with E-state index in [4.69, 9.17) is 11.6 Å². The van der Waals surface area contributed by atoms with Crippen LogP contribution in [-0.4, -0.2) is 53.8 Å². The Bertz CT molecular complexity index is 863. The fraction of sp³-hybridized carbons (Fsp3) is 0.611. The van der Waals surface area contributed by atoms with Gasteiger partial charge in [-0.2, -0.15) is 10.1 Å². The topological polar surface area (TPSA) is 106 Å². The van der Waals surface area contributed by atoms with Crippen LogP contribution in [0.25, 0.3) is 0 Å². The molecule has 0 aromatic carbocycles. The van der Waals surface area contributed by atoms with E-state index in [1.54, 1.807) is 17.1 Å². The molecule has 3 fully saturated rings. The summed E-state index contributed by atoms with van der Waals surface area (Å²) in [4.78, 5) is 8.80. The molecule has 29 heavy (non-hydrogen) atoms. The maximum Gasteiger partial charge on any atom is 0.229 e. The van der Waals surface area contributed by atoms with E-state index in [2.05, 4.69) is 34.7 Å². The summed E-state index contributed by atoms with van der Waals surface area (Å²) < 4.78 is 19.4. The van der Waals surface area contributed by atoms with Gasteiger partial charge in [-0.25, -0.2) is 4.98 Å². The molecule has 2 saturated carbocycles. The monoisotopic (exact) mass is 436 g/mol. The number of hydrogen-bond acceptors (Lipinski definition) is 8. The van der Waals surface area contributed by atoms with Crippen LogP contribution in [-0.2, 0) is 18.6 Å². The molecule has 3 aliphatic rings. The van der Waals surface area contributed by atoms with Crippen LogP contribution in [0.3, 0.4) is 0 Å². The van der Waals surface area contributed by atoms with Crippen molar-refractivity contribution in [2.24, 2.45) is 18.9 Å². The average molecular weight is 437 g/mol. The van der Waals surface area contributed by atoms with Gasteiger partial charge in [0, 0.05) is 32.4 Å². The first-order valence-corrected chi connectivity index (χ1v) is 11.5. The molecule has 0 spiro atoms. The van der Waals surface area contributed by atoms with Crippen molar-refractivity contribution in [3.63, 3.8) is 0 Å². The predicted octanol–water partition coefficient (Wildman–Crippen LogP) is 2.06. The van der Waals surface area contributed by atoms with E-state index in [1.807, 2.05) is 13.2 Å². The normalized spacial score (nSPS) is 27.8. The Kier molecular flexibility index (Phi) is 5.29. The molecule has 1 aliphatic heterocycles. The third kappa shape index (κ3) is 4.46. The second-order valence-corrected chi connectivity index (χ2v) is 9.90. The fourth-order valence-electron chi connectivity index (χ4n) is 4.27. The maximum atomic E-state index is 12.4. The highest BCUT2D eigenvalue weighted by Gasteiger charge is 2.46. The fourth-order valence-corrected chi connectivity index (χ4v) is 5.73. The van der Waals surface area contributed by atoms with Crippen molar-refractivity contribution < 1.29 is 4.55 Å². The van der Waals surface area contributed by atoms with Gasteiger partial charge in [0.05, 0.1) is 24.1 Å². The average Bonchev–Trinajstić information content (AvgIpc) is 3.07.